The molecule has 1 saturated heterocycles. The van der Waals surface area contributed by atoms with Crippen LogP contribution in [0.15, 0.2) is 24.3 Å². The van der Waals surface area contributed by atoms with Gasteiger partial charge >= 0.3 is 0 Å². The first kappa shape index (κ1) is 13.9. The molecule has 1 heterocycles. The van der Waals surface area contributed by atoms with Crippen LogP contribution in [0.1, 0.15) is 26.2 Å². The van der Waals surface area contributed by atoms with E-state index >= 15 is 0 Å². The SMILES string of the molecule is CCS(=O)(=O)Nc1ccc(N2CCCCC2=O)cc1. The van der Waals surface area contributed by atoms with Gasteiger partial charge < -0.3 is 4.90 Å². The number of anilines is 2. The summed E-state index contributed by atoms with van der Waals surface area (Å²) in [6, 6.07) is 6.92. The van der Waals surface area contributed by atoms with Crippen molar-refractivity contribution in [2.75, 3.05) is 21.9 Å². The lowest BCUT2D eigenvalue weighted by atomic mass is 10.1. The Morgan fingerprint density at radius 2 is 1.89 bits per heavy atom. The summed E-state index contributed by atoms with van der Waals surface area (Å²) >= 11 is 0. The average molecular weight is 282 g/mol. The maximum absolute atomic E-state index is 11.8. The minimum Gasteiger partial charge on any atom is -0.312 e. The van der Waals surface area contributed by atoms with Crippen LogP contribution >= 0.6 is 0 Å². The third-order valence-corrected chi connectivity index (χ3v) is 4.46. The first-order valence-electron chi connectivity index (χ1n) is 6.43. The van der Waals surface area contributed by atoms with Crippen molar-refractivity contribution in [1.82, 2.24) is 0 Å². The van der Waals surface area contributed by atoms with E-state index in [1.54, 1.807) is 36.1 Å². The number of nitrogens with zero attached hydrogens (tertiary/aromatic N) is 1. The lowest BCUT2D eigenvalue weighted by molar-refractivity contribution is -0.119. The van der Waals surface area contributed by atoms with Crippen LogP contribution < -0.4 is 9.62 Å². The lowest BCUT2D eigenvalue weighted by Crippen LogP contribution is -2.35. The molecule has 0 atom stereocenters. The van der Waals surface area contributed by atoms with Crippen LogP contribution in [-0.4, -0.2) is 26.6 Å². The van der Waals surface area contributed by atoms with Crippen LogP contribution in [-0.2, 0) is 14.8 Å². The molecular weight excluding hydrogens is 264 g/mol. The zero-order valence-corrected chi connectivity index (χ0v) is 11.7. The van der Waals surface area contributed by atoms with E-state index < -0.39 is 10.0 Å². The maximum Gasteiger partial charge on any atom is 0.232 e. The summed E-state index contributed by atoms with van der Waals surface area (Å²) in [5.74, 6) is 0.174. The number of nitrogens with one attached hydrogen (secondary N) is 1. The highest BCUT2D eigenvalue weighted by molar-refractivity contribution is 7.92. The van der Waals surface area contributed by atoms with Gasteiger partial charge in [-0.15, -0.1) is 0 Å². The molecule has 19 heavy (non-hydrogen) atoms. The topological polar surface area (TPSA) is 66.5 Å². The molecule has 6 heteroatoms. The summed E-state index contributed by atoms with van der Waals surface area (Å²) in [6.45, 7) is 2.32. The Kier molecular flexibility index (Phi) is 4.09. The van der Waals surface area contributed by atoms with Crippen LogP contribution in [0, 0.1) is 0 Å². The Morgan fingerprint density at radius 1 is 1.21 bits per heavy atom. The monoisotopic (exact) mass is 282 g/mol. The molecule has 1 aromatic carbocycles. The van der Waals surface area contributed by atoms with Crippen molar-refractivity contribution in [3.63, 3.8) is 0 Å². The summed E-state index contributed by atoms with van der Waals surface area (Å²) in [7, 11) is -3.25. The fourth-order valence-electron chi connectivity index (χ4n) is 2.04. The zero-order chi connectivity index (χ0) is 13.9. The Labute approximate surface area is 113 Å². The summed E-state index contributed by atoms with van der Waals surface area (Å²) < 4.78 is 25.3. The Hall–Kier alpha value is -1.56. The molecule has 0 aliphatic carbocycles. The number of hydrogen-bond donors (Lipinski definition) is 1. The van der Waals surface area contributed by atoms with Crippen LogP contribution in [0.2, 0.25) is 0 Å². The third kappa shape index (κ3) is 3.47. The van der Waals surface area contributed by atoms with E-state index in [1.165, 1.54) is 0 Å². The molecule has 1 aliphatic heterocycles. The van der Waals surface area contributed by atoms with Crippen molar-refractivity contribution in [2.45, 2.75) is 26.2 Å². The number of benzene rings is 1. The molecule has 0 aromatic heterocycles. The summed E-state index contributed by atoms with van der Waals surface area (Å²) in [4.78, 5) is 13.5. The van der Waals surface area contributed by atoms with E-state index in [-0.39, 0.29) is 11.7 Å². The van der Waals surface area contributed by atoms with Gasteiger partial charge in [-0.1, -0.05) is 0 Å². The van der Waals surface area contributed by atoms with E-state index in [1.807, 2.05) is 0 Å². The van der Waals surface area contributed by atoms with Gasteiger partial charge in [0.2, 0.25) is 15.9 Å². The van der Waals surface area contributed by atoms with Gasteiger partial charge in [0, 0.05) is 24.3 Å². The van der Waals surface area contributed by atoms with Gasteiger partial charge in [0.05, 0.1) is 5.75 Å². The molecule has 5 nitrogen and oxygen atoms in total. The molecule has 1 aliphatic rings. The minimum absolute atomic E-state index is 0.0410. The van der Waals surface area contributed by atoms with Crippen molar-refractivity contribution >= 4 is 27.3 Å². The van der Waals surface area contributed by atoms with Crippen molar-refractivity contribution < 1.29 is 13.2 Å². The van der Waals surface area contributed by atoms with Crippen LogP contribution in [0.25, 0.3) is 0 Å². The van der Waals surface area contributed by atoms with Crippen LogP contribution in [0.4, 0.5) is 11.4 Å². The number of carbonyl (C=O) groups excluding carboxylic acids is 1. The number of rotatable bonds is 4. The van der Waals surface area contributed by atoms with Crippen LogP contribution in [0.3, 0.4) is 0 Å². The molecule has 1 N–H and O–H groups in total. The van der Waals surface area contributed by atoms with Gasteiger partial charge in [0.1, 0.15) is 0 Å². The quantitative estimate of drug-likeness (QED) is 0.918. The first-order chi connectivity index (χ1) is 9.02. The molecule has 1 amide bonds. The molecule has 0 bridgehead atoms. The molecular formula is C13H18N2O3S. The molecule has 0 saturated carbocycles. The number of carbonyl (C=O) groups is 1. The first-order valence-corrected chi connectivity index (χ1v) is 8.08. The molecule has 1 fully saturated rings. The number of hydrogen-bond acceptors (Lipinski definition) is 3. The van der Waals surface area contributed by atoms with Gasteiger partial charge in [-0.3, -0.25) is 9.52 Å². The lowest BCUT2D eigenvalue weighted by Gasteiger charge is -2.26. The molecule has 1 aromatic rings. The summed E-state index contributed by atoms with van der Waals surface area (Å²) in [6.07, 6.45) is 2.55. The predicted octanol–water partition coefficient (Wildman–Crippen LogP) is 1.97. The van der Waals surface area contributed by atoms with E-state index in [9.17, 15) is 13.2 Å². The van der Waals surface area contributed by atoms with E-state index in [2.05, 4.69) is 4.72 Å². The largest absolute Gasteiger partial charge is 0.312 e. The smallest absolute Gasteiger partial charge is 0.232 e. The molecule has 0 unspecified atom stereocenters. The number of sulfonamides is 1. The van der Waals surface area contributed by atoms with Crippen molar-refractivity contribution in [3.05, 3.63) is 24.3 Å². The Morgan fingerprint density at radius 3 is 2.47 bits per heavy atom. The second-order valence-corrected chi connectivity index (χ2v) is 6.57. The van der Waals surface area contributed by atoms with E-state index in [4.69, 9.17) is 0 Å². The second kappa shape index (κ2) is 5.61. The molecule has 2 rings (SSSR count). The molecule has 0 spiro atoms. The third-order valence-electron chi connectivity index (χ3n) is 3.16. The van der Waals surface area contributed by atoms with Gasteiger partial charge in [-0.05, 0) is 44.0 Å². The minimum atomic E-state index is -3.25. The van der Waals surface area contributed by atoms with Gasteiger partial charge in [0.15, 0.2) is 0 Å². The van der Waals surface area contributed by atoms with Crippen molar-refractivity contribution in [1.29, 1.82) is 0 Å². The number of piperidine rings is 1. The highest BCUT2D eigenvalue weighted by atomic mass is 32.2. The van der Waals surface area contributed by atoms with Gasteiger partial charge in [0.25, 0.3) is 0 Å². The zero-order valence-electron chi connectivity index (χ0n) is 10.9. The van der Waals surface area contributed by atoms with E-state index in [0.717, 1.165) is 25.1 Å². The van der Waals surface area contributed by atoms with Crippen molar-refractivity contribution in [3.8, 4) is 0 Å². The van der Waals surface area contributed by atoms with Gasteiger partial charge in [-0.2, -0.15) is 0 Å². The summed E-state index contributed by atoms with van der Waals surface area (Å²) in [5.41, 5.74) is 1.35. The van der Waals surface area contributed by atoms with Gasteiger partial charge in [-0.25, -0.2) is 8.42 Å². The molecule has 104 valence electrons. The van der Waals surface area contributed by atoms with Crippen LogP contribution in [0.5, 0.6) is 0 Å². The molecule has 0 radical (unpaired) electrons. The number of amides is 1. The highest BCUT2D eigenvalue weighted by Gasteiger charge is 2.19. The Bertz CT molecular complexity index is 552. The normalized spacial score (nSPS) is 16.5. The fraction of sp³-hybridized carbons (Fsp3) is 0.462. The predicted molar refractivity (Wildman–Crippen MR) is 75.7 cm³/mol. The average Bonchev–Trinajstić information content (AvgIpc) is 2.40. The highest BCUT2D eigenvalue weighted by Crippen LogP contribution is 2.23. The van der Waals surface area contributed by atoms with E-state index in [0.29, 0.717) is 12.1 Å². The fourth-order valence-corrected chi connectivity index (χ4v) is 2.68. The standard InChI is InChI=1S/C13H18N2O3S/c1-2-19(17,18)14-11-6-8-12(9-7-11)15-10-4-3-5-13(15)16/h6-9,14H,2-5,10H2,1H3. The Balaban J connectivity index is 2.12. The maximum atomic E-state index is 11.8. The second-order valence-electron chi connectivity index (χ2n) is 4.55. The van der Waals surface area contributed by atoms with Crippen molar-refractivity contribution in [2.24, 2.45) is 0 Å². The summed E-state index contributed by atoms with van der Waals surface area (Å²) in [5, 5.41) is 0.